The van der Waals surface area contributed by atoms with Crippen LogP contribution in [0.15, 0.2) is 45.7 Å². The van der Waals surface area contributed by atoms with Crippen LogP contribution in [-0.4, -0.2) is 24.0 Å². The van der Waals surface area contributed by atoms with Gasteiger partial charge in [-0.15, -0.1) is 0 Å². The minimum atomic E-state index is -4.45. The molecule has 11 nitrogen and oxygen atoms in total. The monoisotopic (exact) mass is 397 g/mol. The van der Waals surface area contributed by atoms with E-state index in [0.29, 0.717) is 0 Å². The highest BCUT2D eigenvalue weighted by Gasteiger charge is 2.34. The van der Waals surface area contributed by atoms with Gasteiger partial charge in [-0.25, -0.2) is 8.42 Å². The lowest BCUT2D eigenvalue weighted by Crippen LogP contribution is -2.35. The molecule has 0 aliphatic rings. The van der Waals surface area contributed by atoms with Crippen LogP contribution in [0.25, 0.3) is 0 Å². The number of Topliss-reactive ketones (excluding diaryl/α,β-unsaturated/α-hetero) is 1. The summed E-state index contributed by atoms with van der Waals surface area (Å²) in [6, 6.07) is 5.58. The molecule has 0 spiro atoms. The lowest BCUT2D eigenvalue weighted by atomic mass is 9.97. The van der Waals surface area contributed by atoms with Crippen molar-refractivity contribution < 1.29 is 27.5 Å². The molecule has 0 aliphatic carbocycles. The zero-order valence-electron chi connectivity index (χ0n) is 14.2. The van der Waals surface area contributed by atoms with Gasteiger partial charge in [-0.3, -0.25) is 25.0 Å². The summed E-state index contributed by atoms with van der Waals surface area (Å²) < 4.78 is 32.6. The van der Waals surface area contributed by atoms with Crippen molar-refractivity contribution in [3.63, 3.8) is 0 Å². The Bertz CT molecular complexity index is 998. The molecule has 0 amide bonds. The molecular weight excluding hydrogens is 382 g/mol. The standard InChI is InChI=1S/C15H15N3O8S/c1-9(10(2)19)15(12-7-8-14(26-12)18(22)23)16-27(24,25)13-6-4-3-5-11(13)17(20)21/h3-9,15-16H,1-2H3/t9-,15+/m0/s1. The SMILES string of the molecule is CC(=O)[C@H](C)[C@@H](NS(=O)(=O)c1ccccc1[N+](=O)[O-])c1ccc([N+](=O)[O-])o1. The van der Waals surface area contributed by atoms with Gasteiger partial charge in [0.15, 0.2) is 4.90 Å². The molecule has 0 saturated heterocycles. The van der Waals surface area contributed by atoms with E-state index in [-0.39, 0.29) is 5.76 Å². The highest BCUT2D eigenvalue weighted by atomic mass is 32.2. The Kier molecular flexibility index (Phi) is 5.71. The van der Waals surface area contributed by atoms with Crippen LogP contribution in [0, 0.1) is 26.1 Å². The number of nitrogens with one attached hydrogen (secondary N) is 1. The average Bonchev–Trinajstić information content (AvgIpc) is 3.09. The zero-order valence-corrected chi connectivity index (χ0v) is 15.0. The fraction of sp³-hybridized carbons (Fsp3) is 0.267. The number of ketones is 1. The molecule has 0 radical (unpaired) electrons. The lowest BCUT2D eigenvalue weighted by Gasteiger charge is -2.21. The van der Waals surface area contributed by atoms with Gasteiger partial charge in [0.2, 0.25) is 10.0 Å². The molecule has 0 fully saturated rings. The summed E-state index contributed by atoms with van der Waals surface area (Å²) >= 11 is 0. The summed E-state index contributed by atoms with van der Waals surface area (Å²) in [5.74, 6) is -2.15. The van der Waals surface area contributed by atoms with E-state index in [0.717, 1.165) is 18.2 Å². The number of benzene rings is 1. The Morgan fingerprint density at radius 1 is 1.11 bits per heavy atom. The second-order valence-electron chi connectivity index (χ2n) is 5.66. The molecule has 0 unspecified atom stereocenters. The molecule has 0 saturated carbocycles. The van der Waals surface area contributed by atoms with Gasteiger partial charge >= 0.3 is 5.88 Å². The maximum Gasteiger partial charge on any atom is 0.433 e. The third-order valence-electron chi connectivity index (χ3n) is 3.87. The average molecular weight is 397 g/mol. The van der Waals surface area contributed by atoms with Crippen molar-refractivity contribution >= 4 is 27.4 Å². The molecule has 2 atom stereocenters. The third-order valence-corrected chi connectivity index (χ3v) is 5.36. The van der Waals surface area contributed by atoms with Crippen molar-refractivity contribution in [2.24, 2.45) is 5.92 Å². The van der Waals surface area contributed by atoms with Crippen LogP contribution in [0.5, 0.6) is 0 Å². The Hall–Kier alpha value is -3.12. The van der Waals surface area contributed by atoms with Gasteiger partial charge < -0.3 is 4.42 Å². The van der Waals surface area contributed by atoms with E-state index < -0.39 is 54.1 Å². The number of hydrogen-bond acceptors (Lipinski definition) is 8. The minimum Gasteiger partial charge on any atom is -0.404 e. The summed E-state index contributed by atoms with van der Waals surface area (Å²) in [5, 5.41) is 21.9. The number of nitro benzene ring substituents is 1. The minimum absolute atomic E-state index is 0.161. The van der Waals surface area contributed by atoms with E-state index >= 15 is 0 Å². The van der Waals surface area contributed by atoms with E-state index in [4.69, 9.17) is 4.42 Å². The largest absolute Gasteiger partial charge is 0.433 e. The maximum atomic E-state index is 12.7. The number of carbonyl (C=O) groups excluding carboxylic acids is 1. The first-order valence-corrected chi connectivity index (χ1v) is 9.03. The van der Waals surface area contributed by atoms with E-state index in [2.05, 4.69) is 4.72 Å². The quantitative estimate of drug-likeness (QED) is 0.524. The van der Waals surface area contributed by atoms with Gasteiger partial charge in [-0.1, -0.05) is 19.1 Å². The topological polar surface area (TPSA) is 163 Å². The Morgan fingerprint density at radius 3 is 2.26 bits per heavy atom. The number of hydrogen-bond donors (Lipinski definition) is 1. The van der Waals surface area contributed by atoms with E-state index in [1.807, 2.05) is 0 Å². The fourth-order valence-corrected chi connectivity index (χ4v) is 3.77. The molecule has 1 N–H and O–H groups in total. The van der Waals surface area contributed by atoms with E-state index in [1.54, 1.807) is 0 Å². The normalized spacial score (nSPS) is 13.7. The molecule has 1 heterocycles. The second-order valence-corrected chi connectivity index (χ2v) is 7.34. The van der Waals surface area contributed by atoms with Crippen molar-refractivity contribution in [1.29, 1.82) is 0 Å². The van der Waals surface area contributed by atoms with Crippen molar-refractivity contribution in [2.45, 2.75) is 24.8 Å². The van der Waals surface area contributed by atoms with Crippen molar-refractivity contribution in [2.75, 3.05) is 0 Å². The van der Waals surface area contributed by atoms with Crippen LogP contribution in [0.1, 0.15) is 25.6 Å². The molecule has 144 valence electrons. The van der Waals surface area contributed by atoms with Gasteiger partial charge in [0.1, 0.15) is 16.5 Å². The summed E-state index contributed by atoms with van der Waals surface area (Å²) in [7, 11) is -4.45. The van der Waals surface area contributed by atoms with Gasteiger partial charge in [0.05, 0.1) is 17.0 Å². The zero-order chi connectivity index (χ0) is 20.4. The van der Waals surface area contributed by atoms with Gasteiger partial charge in [0, 0.05) is 12.0 Å². The van der Waals surface area contributed by atoms with Crippen LogP contribution in [0.4, 0.5) is 11.6 Å². The van der Waals surface area contributed by atoms with Gasteiger partial charge in [-0.05, 0) is 19.1 Å². The van der Waals surface area contributed by atoms with E-state index in [1.165, 1.54) is 32.0 Å². The lowest BCUT2D eigenvalue weighted by molar-refractivity contribution is -0.402. The van der Waals surface area contributed by atoms with Crippen LogP contribution in [-0.2, 0) is 14.8 Å². The first kappa shape index (κ1) is 20.2. The molecule has 12 heteroatoms. The predicted octanol–water partition coefficient (Wildman–Crippen LogP) is 2.34. The predicted molar refractivity (Wildman–Crippen MR) is 91.4 cm³/mol. The summed E-state index contributed by atoms with van der Waals surface area (Å²) in [5.41, 5.74) is -0.648. The smallest absolute Gasteiger partial charge is 0.404 e. The highest BCUT2D eigenvalue weighted by molar-refractivity contribution is 7.89. The first-order chi connectivity index (χ1) is 12.5. The molecule has 0 bridgehead atoms. The number of carbonyl (C=O) groups is 1. The molecule has 2 rings (SSSR count). The van der Waals surface area contributed by atoms with Crippen LogP contribution in [0.2, 0.25) is 0 Å². The van der Waals surface area contributed by atoms with Crippen molar-refractivity contribution in [3.05, 3.63) is 62.4 Å². The molecule has 0 aliphatic heterocycles. The molecule has 2 aromatic rings. The van der Waals surface area contributed by atoms with Gasteiger partial charge in [-0.2, -0.15) is 4.72 Å². The van der Waals surface area contributed by atoms with E-state index in [9.17, 15) is 33.4 Å². The number of para-hydroxylation sites is 1. The third kappa shape index (κ3) is 4.35. The Balaban J connectivity index is 2.50. The number of rotatable bonds is 8. The number of sulfonamides is 1. The molecule has 1 aromatic carbocycles. The Morgan fingerprint density at radius 2 is 1.74 bits per heavy atom. The highest BCUT2D eigenvalue weighted by Crippen LogP contribution is 2.31. The summed E-state index contributed by atoms with van der Waals surface area (Å²) in [6.45, 7) is 2.62. The molecule has 27 heavy (non-hydrogen) atoms. The number of nitrogens with zero attached hydrogens (tertiary/aromatic N) is 2. The van der Waals surface area contributed by atoms with Crippen molar-refractivity contribution in [1.82, 2.24) is 4.72 Å². The molecule has 1 aromatic heterocycles. The van der Waals surface area contributed by atoms with Gasteiger partial charge in [0.25, 0.3) is 5.69 Å². The van der Waals surface area contributed by atoms with Crippen LogP contribution >= 0.6 is 0 Å². The second kappa shape index (κ2) is 7.63. The fourth-order valence-electron chi connectivity index (χ4n) is 2.31. The first-order valence-electron chi connectivity index (χ1n) is 7.55. The number of furan rings is 1. The number of nitro groups is 2. The van der Waals surface area contributed by atoms with Crippen molar-refractivity contribution in [3.8, 4) is 0 Å². The summed E-state index contributed by atoms with van der Waals surface area (Å²) in [6.07, 6.45) is 0. The Labute approximate surface area is 153 Å². The summed E-state index contributed by atoms with van der Waals surface area (Å²) in [4.78, 5) is 31.4. The van der Waals surface area contributed by atoms with Crippen LogP contribution in [0.3, 0.4) is 0 Å². The van der Waals surface area contributed by atoms with Crippen LogP contribution < -0.4 is 4.72 Å². The maximum absolute atomic E-state index is 12.7. The molecular formula is C15H15N3O8S.